The van der Waals surface area contributed by atoms with E-state index in [1.54, 1.807) is 0 Å². The summed E-state index contributed by atoms with van der Waals surface area (Å²) in [5.41, 5.74) is 15.9. The monoisotopic (exact) mass is 232 g/mol. The molecular formula is C15H24N2. The minimum absolute atomic E-state index is 0.170. The van der Waals surface area contributed by atoms with Crippen molar-refractivity contribution in [2.24, 2.45) is 11.1 Å². The summed E-state index contributed by atoms with van der Waals surface area (Å²) in [6, 6.07) is 6.37. The molecule has 1 atom stereocenters. The normalized spacial score (nSPS) is 26.6. The van der Waals surface area contributed by atoms with Gasteiger partial charge >= 0.3 is 0 Å². The lowest BCUT2D eigenvalue weighted by Crippen LogP contribution is -2.44. The van der Waals surface area contributed by atoms with Gasteiger partial charge in [-0.3, -0.25) is 0 Å². The van der Waals surface area contributed by atoms with Crippen LogP contribution in [0.1, 0.15) is 44.7 Å². The van der Waals surface area contributed by atoms with Crippen LogP contribution < -0.4 is 11.5 Å². The number of hydrogen-bond donors (Lipinski definition) is 2. The van der Waals surface area contributed by atoms with Gasteiger partial charge < -0.3 is 11.5 Å². The summed E-state index contributed by atoms with van der Waals surface area (Å²) in [6.45, 7) is 7.82. The molecule has 0 fully saturated rings. The van der Waals surface area contributed by atoms with Crippen molar-refractivity contribution in [3.63, 3.8) is 0 Å². The maximum absolute atomic E-state index is 5.89. The van der Waals surface area contributed by atoms with Gasteiger partial charge in [-0.25, -0.2) is 0 Å². The predicted molar refractivity (Wildman–Crippen MR) is 74.0 cm³/mol. The molecule has 0 amide bonds. The molecule has 0 aromatic heterocycles. The van der Waals surface area contributed by atoms with Crippen molar-refractivity contribution in [1.29, 1.82) is 0 Å². The summed E-state index contributed by atoms with van der Waals surface area (Å²) in [5, 5.41) is 0. The van der Waals surface area contributed by atoms with Crippen LogP contribution >= 0.6 is 0 Å². The van der Waals surface area contributed by atoms with Crippen molar-refractivity contribution < 1.29 is 0 Å². The van der Waals surface area contributed by atoms with E-state index in [0.717, 1.165) is 25.1 Å². The minimum Gasteiger partial charge on any atom is -0.399 e. The zero-order valence-corrected chi connectivity index (χ0v) is 11.2. The fraction of sp³-hybridized carbons (Fsp3) is 0.600. The quantitative estimate of drug-likeness (QED) is 0.770. The Labute approximate surface area is 104 Å². The van der Waals surface area contributed by atoms with Crippen LogP contribution in [0.2, 0.25) is 0 Å². The number of nitrogens with two attached hydrogens (primary N) is 2. The van der Waals surface area contributed by atoms with Crippen molar-refractivity contribution in [3.8, 4) is 0 Å². The van der Waals surface area contributed by atoms with Gasteiger partial charge in [0, 0.05) is 5.69 Å². The number of aryl methyl sites for hydroxylation is 1. The van der Waals surface area contributed by atoms with Crippen LogP contribution in [0.3, 0.4) is 0 Å². The second kappa shape index (κ2) is 4.02. The maximum atomic E-state index is 5.89. The topological polar surface area (TPSA) is 52.0 Å². The summed E-state index contributed by atoms with van der Waals surface area (Å²) >= 11 is 0. The second-order valence-corrected chi connectivity index (χ2v) is 6.17. The molecule has 1 aromatic rings. The van der Waals surface area contributed by atoms with E-state index in [2.05, 4.69) is 32.9 Å². The third-order valence-electron chi connectivity index (χ3n) is 4.88. The molecule has 0 aliphatic heterocycles. The highest BCUT2D eigenvalue weighted by atomic mass is 14.6. The number of anilines is 1. The minimum atomic E-state index is 0.170. The van der Waals surface area contributed by atoms with Crippen LogP contribution in [-0.2, 0) is 11.8 Å². The fourth-order valence-electron chi connectivity index (χ4n) is 3.21. The first kappa shape index (κ1) is 12.4. The van der Waals surface area contributed by atoms with Gasteiger partial charge in [0.1, 0.15) is 0 Å². The molecule has 2 nitrogen and oxygen atoms in total. The standard InChI is InChI=1S/C15H24N2/c1-14(2)7-6-11-10-12(17)4-5-13(11)15(14,3)8-9-16/h4-5,10H,6-9,16-17H2,1-3H3. The number of benzene rings is 1. The summed E-state index contributed by atoms with van der Waals surface area (Å²) in [7, 11) is 0. The van der Waals surface area contributed by atoms with E-state index >= 15 is 0 Å². The Morgan fingerprint density at radius 1 is 1.24 bits per heavy atom. The molecule has 2 rings (SSSR count). The number of fused-ring (bicyclic) bond motifs is 1. The summed E-state index contributed by atoms with van der Waals surface area (Å²) in [4.78, 5) is 0. The van der Waals surface area contributed by atoms with Crippen LogP contribution in [0.5, 0.6) is 0 Å². The molecule has 1 aliphatic rings. The Hall–Kier alpha value is -1.02. The third-order valence-corrected chi connectivity index (χ3v) is 4.88. The number of hydrogen-bond acceptors (Lipinski definition) is 2. The summed E-state index contributed by atoms with van der Waals surface area (Å²) < 4.78 is 0. The SMILES string of the molecule is CC1(C)CCc2cc(N)ccc2C1(C)CCN. The Bertz CT molecular complexity index is 423. The molecule has 17 heavy (non-hydrogen) atoms. The van der Waals surface area contributed by atoms with Gasteiger partial charge in [0.15, 0.2) is 0 Å². The Morgan fingerprint density at radius 3 is 2.59 bits per heavy atom. The molecule has 0 saturated carbocycles. The molecule has 1 unspecified atom stereocenters. The van der Waals surface area contributed by atoms with Crippen molar-refractivity contribution in [2.45, 2.75) is 45.4 Å². The lowest BCUT2D eigenvalue weighted by molar-refractivity contribution is 0.138. The van der Waals surface area contributed by atoms with Crippen LogP contribution in [-0.4, -0.2) is 6.54 Å². The van der Waals surface area contributed by atoms with Gasteiger partial charge in [0.05, 0.1) is 0 Å². The molecule has 4 N–H and O–H groups in total. The van der Waals surface area contributed by atoms with Crippen LogP contribution in [0.25, 0.3) is 0 Å². The maximum Gasteiger partial charge on any atom is 0.0316 e. The molecule has 2 heteroatoms. The third kappa shape index (κ3) is 1.85. The van der Waals surface area contributed by atoms with Crippen LogP contribution in [0.4, 0.5) is 5.69 Å². The van der Waals surface area contributed by atoms with Crippen molar-refractivity contribution >= 4 is 5.69 Å². The van der Waals surface area contributed by atoms with E-state index < -0.39 is 0 Å². The van der Waals surface area contributed by atoms with E-state index in [1.807, 2.05) is 6.07 Å². The lowest BCUT2D eigenvalue weighted by Gasteiger charge is -2.49. The number of nitrogen functional groups attached to an aromatic ring is 1. The average Bonchev–Trinajstić information content (AvgIpc) is 2.25. The first-order chi connectivity index (χ1) is 7.90. The summed E-state index contributed by atoms with van der Waals surface area (Å²) in [5.74, 6) is 0. The fourth-order valence-corrected chi connectivity index (χ4v) is 3.21. The van der Waals surface area contributed by atoms with E-state index in [0.29, 0.717) is 5.41 Å². The highest BCUT2D eigenvalue weighted by molar-refractivity contribution is 5.49. The molecule has 0 heterocycles. The first-order valence-electron chi connectivity index (χ1n) is 6.50. The predicted octanol–water partition coefficient (Wildman–Crippen LogP) is 2.85. The largest absolute Gasteiger partial charge is 0.399 e. The smallest absolute Gasteiger partial charge is 0.0316 e. The van der Waals surface area contributed by atoms with Gasteiger partial charge in [0.2, 0.25) is 0 Å². The molecule has 0 spiro atoms. The second-order valence-electron chi connectivity index (χ2n) is 6.17. The van der Waals surface area contributed by atoms with E-state index in [-0.39, 0.29) is 5.41 Å². The molecular weight excluding hydrogens is 208 g/mol. The molecule has 0 bridgehead atoms. The van der Waals surface area contributed by atoms with E-state index in [1.165, 1.54) is 17.5 Å². The van der Waals surface area contributed by atoms with Crippen molar-refractivity contribution in [2.75, 3.05) is 12.3 Å². The van der Waals surface area contributed by atoms with Gasteiger partial charge in [-0.05, 0) is 59.9 Å². The Morgan fingerprint density at radius 2 is 1.94 bits per heavy atom. The van der Waals surface area contributed by atoms with Gasteiger partial charge in [-0.15, -0.1) is 0 Å². The van der Waals surface area contributed by atoms with Crippen LogP contribution in [0, 0.1) is 5.41 Å². The van der Waals surface area contributed by atoms with E-state index in [9.17, 15) is 0 Å². The molecule has 0 radical (unpaired) electrons. The molecule has 1 aliphatic carbocycles. The highest BCUT2D eigenvalue weighted by Crippen LogP contribution is 2.51. The molecule has 1 aromatic carbocycles. The average molecular weight is 232 g/mol. The van der Waals surface area contributed by atoms with Crippen molar-refractivity contribution in [1.82, 2.24) is 0 Å². The van der Waals surface area contributed by atoms with E-state index in [4.69, 9.17) is 11.5 Å². The molecule has 94 valence electrons. The highest BCUT2D eigenvalue weighted by Gasteiger charge is 2.45. The van der Waals surface area contributed by atoms with Crippen molar-refractivity contribution in [3.05, 3.63) is 29.3 Å². The lowest BCUT2D eigenvalue weighted by atomic mass is 9.55. The summed E-state index contributed by atoms with van der Waals surface area (Å²) in [6.07, 6.45) is 3.38. The Balaban J connectivity index is 2.55. The zero-order valence-electron chi connectivity index (χ0n) is 11.2. The number of rotatable bonds is 2. The van der Waals surface area contributed by atoms with Gasteiger partial charge in [-0.2, -0.15) is 0 Å². The zero-order chi connectivity index (χ0) is 12.7. The molecule has 0 saturated heterocycles. The first-order valence-corrected chi connectivity index (χ1v) is 6.50. The van der Waals surface area contributed by atoms with Crippen LogP contribution in [0.15, 0.2) is 18.2 Å². The Kier molecular flexibility index (Phi) is 2.94. The van der Waals surface area contributed by atoms with Gasteiger partial charge in [-0.1, -0.05) is 26.8 Å². The van der Waals surface area contributed by atoms with Gasteiger partial charge in [0.25, 0.3) is 0 Å².